The Morgan fingerprint density at radius 1 is 1.03 bits per heavy atom. The Hall–Kier alpha value is -4.24. The number of aliphatic hydroxyl groups excluding tert-OH is 1. The van der Waals surface area contributed by atoms with Gasteiger partial charge in [-0.2, -0.15) is 0 Å². The molecule has 1 N–H and O–H groups in total. The van der Waals surface area contributed by atoms with Crippen LogP contribution in [0.15, 0.2) is 60.2 Å². The van der Waals surface area contributed by atoms with E-state index in [0.29, 0.717) is 41.0 Å². The Bertz CT molecular complexity index is 1630. The second-order valence-electron chi connectivity index (χ2n) is 9.00. The van der Waals surface area contributed by atoms with E-state index in [2.05, 4.69) is 0 Å². The molecule has 3 aromatic carbocycles. The van der Waals surface area contributed by atoms with E-state index in [1.165, 1.54) is 40.5 Å². The van der Waals surface area contributed by atoms with Crippen LogP contribution in [0.4, 0.5) is 9.52 Å². The molecule has 1 amide bonds. The summed E-state index contributed by atoms with van der Waals surface area (Å²) in [6, 6.07) is 13.3. The van der Waals surface area contributed by atoms with Gasteiger partial charge in [0.2, 0.25) is 0 Å². The van der Waals surface area contributed by atoms with Crippen LogP contribution in [-0.2, 0) is 9.59 Å². The summed E-state index contributed by atoms with van der Waals surface area (Å²) in [4.78, 5) is 32.8. The summed E-state index contributed by atoms with van der Waals surface area (Å²) in [5, 5.41) is 11.7. The molecule has 9 heteroatoms. The number of benzene rings is 3. The summed E-state index contributed by atoms with van der Waals surface area (Å²) in [6.45, 7) is 4.68. The van der Waals surface area contributed by atoms with Crippen molar-refractivity contribution in [3.8, 4) is 11.5 Å². The van der Waals surface area contributed by atoms with Crippen LogP contribution < -0.4 is 14.4 Å². The van der Waals surface area contributed by atoms with Gasteiger partial charge in [0, 0.05) is 5.56 Å². The Kier molecular flexibility index (Phi) is 5.45. The van der Waals surface area contributed by atoms with E-state index in [-0.39, 0.29) is 11.3 Å². The molecule has 2 aliphatic rings. The third-order valence-electron chi connectivity index (χ3n) is 6.47. The van der Waals surface area contributed by atoms with Crippen molar-refractivity contribution in [2.45, 2.75) is 19.9 Å². The maximum absolute atomic E-state index is 13.8. The second kappa shape index (κ2) is 8.70. The Morgan fingerprint density at radius 2 is 1.76 bits per heavy atom. The van der Waals surface area contributed by atoms with Gasteiger partial charge in [-0.05, 0) is 66.9 Å². The number of Topliss-reactive ketones (excluding diaryl/α,β-unsaturated/α-hetero) is 1. The van der Waals surface area contributed by atoms with Crippen LogP contribution in [0, 0.1) is 19.7 Å². The van der Waals surface area contributed by atoms with E-state index in [1.54, 1.807) is 18.2 Å². The van der Waals surface area contributed by atoms with E-state index in [4.69, 9.17) is 14.5 Å². The SMILES string of the molecule is Cc1cc(C)c2nc(N3C(=O)C(=O)/C(=C(/O)c4ccc5c(c4)OCCO5)[C@H]3c3ccc(F)cc3)sc2c1. The zero-order valence-corrected chi connectivity index (χ0v) is 20.8. The van der Waals surface area contributed by atoms with Crippen molar-refractivity contribution in [1.82, 2.24) is 4.98 Å². The van der Waals surface area contributed by atoms with Crippen molar-refractivity contribution in [1.29, 1.82) is 0 Å². The van der Waals surface area contributed by atoms with Crippen LogP contribution in [0.25, 0.3) is 16.0 Å². The van der Waals surface area contributed by atoms with E-state index >= 15 is 0 Å². The first kappa shape index (κ1) is 23.2. The number of aromatic nitrogens is 1. The minimum Gasteiger partial charge on any atom is -0.507 e. The van der Waals surface area contributed by atoms with Crippen LogP contribution in [-0.4, -0.2) is 35.0 Å². The van der Waals surface area contributed by atoms with Gasteiger partial charge < -0.3 is 14.6 Å². The monoisotopic (exact) mass is 516 g/mol. The van der Waals surface area contributed by atoms with Crippen LogP contribution in [0.1, 0.15) is 28.3 Å². The summed E-state index contributed by atoms with van der Waals surface area (Å²) in [5.74, 6) is -1.53. The Morgan fingerprint density at radius 3 is 2.51 bits per heavy atom. The number of aryl methyl sites for hydroxylation is 2. The maximum atomic E-state index is 13.8. The number of hydrogen-bond acceptors (Lipinski definition) is 7. The van der Waals surface area contributed by atoms with E-state index in [1.807, 2.05) is 26.0 Å². The number of anilines is 1. The topological polar surface area (TPSA) is 89.0 Å². The minimum atomic E-state index is -1.00. The molecule has 7 nitrogen and oxygen atoms in total. The number of hydrogen-bond donors (Lipinski definition) is 1. The number of rotatable bonds is 3. The van der Waals surface area contributed by atoms with E-state index < -0.39 is 23.5 Å². The Balaban J connectivity index is 1.55. The summed E-state index contributed by atoms with van der Waals surface area (Å²) in [7, 11) is 0. The number of nitrogens with zero attached hydrogens (tertiary/aromatic N) is 2. The zero-order valence-electron chi connectivity index (χ0n) is 19.9. The fourth-order valence-electron chi connectivity index (χ4n) is 4.80. The standard InChI is InChI=1S/C28H21FN2O5S/c1-14-11-15(2)23-21(12-14)37-28(30-23)31-24(16-3-6-18(29)7-4-16)22(26(33)27(31)34)25(32)17-5-8-19-20(13-17)36-10-9-35-19/h3-8,11-13,24,32H,9-10H2,1-2H3/b25-22+/t24-/m1/s1. The highest BCUT2D eigenvalue weighted by Gasteiger charge is 2.48. The normalized spacial score (nSPS) is 18.6. The number of fused-ring (bicyclic) bond motifs is 2. The molecule has 6 rings (SSSR count). The van der Waals surface area contributed by atoms with Crippen molar-refractivity contribution in [2.24, 2.45) is 0 Å². The van der Waals surface area contributed by atoms with Crippen molar-refractivity contribution in [3.05, 3.63) is 88.2 Å². The lowest BCUT2D eigenvalue weighted by atomic mass is 9.95. The number of amides is 1. The molecule has 0 saturated carbocycles. The second-order valence-corrected chi connectivity index (χ2v) is 10.0. The Labute approximate surface area is 215 Å². The van der Waals surface area contributed by atoms with Crippen LogP contribution in [0.3, 0.4) is 0 Å². The number of carbonyl (C=O) groups is 2. The summed E-state index contributed by atoms with van der Waals surface area (Å²) in [6.07, 6.45) is 0. The van der Waals surface area contributed by atoms with Gasteiger partial charge in [-0.1, -0.05) is 29.5 Å². The largest absolute Gasteiger partial charge is 0.507 e. The molecule has 0 bridgehead atoms. The molecule has 1 atom stereocenters. The number of ketones is 1. The fourth-order valence-corrected chi connectivity index (χ4v) is 5.97. The van der Waals surface area contributed by atoms with Gasteiger partial charge in [0.1, 0.15) is 24.8 Å². The molecule has 3 heterocycles. The molecule has 0 unspecified atom stereocenters. The highest BCUT2D eigenvalue weighted by molar-refractivity contribution is 7.22. The molecule has 186 valence electrons. The molecule has 0 spiro atoms. The minimum absolute atomic E-state index is 0.111. The average molecular weight is 517 g/mol. The van der Waals surface area contributed by atoms with Gasteiger partial charge in [0.15, 0.2) is 16.6 Å². The number of halogens is 1. The lowest BCUT2D eigenvalue weighted by Crippen LogP contribution is -2.29. The average Bonchev–Trinajstić information content (AvgIpc) is 3.42. The molecule has 37 heavy (non-hydrogen) atoms. The van der Waals surface area contributed by atoms with Crippen molar-refractivity contribution >= 4 is 44.1 Å². The van der Waals surface area contributed by atoms with E-state index in [0.717, 1.165) is 21.3 Å². The maximum Gasteiger partial charge on any atom is 0.301 e. The van der Waals surface area contributed by atoms with Gasteiger partial charge in [-0.3, -0.25) is 14.5 Å². The first-order valence-corrected chi connectivity index (χ1v) is 12.5. The molecule has 1 saturated heterocycles. The molecular weight excluding hydrogens is 495 g/mol. The highest BCUT2D eigenvalue weighted by atomic mass is 32.1. The predicted molar refractivity (Wildman–Crippen MR) is 138 cm³/mol. The van der Waals surface area contributed by atoms with Crippen LogP contribution in [0.2, 0.25) is 0 Å². The first-order chi connectivity index (χ1) is 17.8. The van der Waals surface area contributed by atoms with Crippen molar-refractivity contribution in [3.63, 3.8) is 0 Å². The third kappa shape index (κ3) is 3.82. The highest BCUT2D eigenvalue weighted by Crippen LogP contribution is 2.45. The quantitative estimate of drug-likeness (QED) is 0.221. The number of thiazole rings is 1. The number of carbonyl (C=O) groups excluding carboxylic acids is 2. The van der Waals surface area contributed by atoms with E-state index in [9.17, 15) is 19.1 Å². The third-order valence-corrected chi connectivity index (χ3v) is 7.47. The molecule has 0 radical (unpaired) electrons. The molecular formula is C28H21FN2O5S. The summed E-state index contributed by atoms with van der Waals surface area (Å²) >= 11 is 1.29. The van der Waals surface area contributed by atoms with Gasteiger partial charge in [0.25, 0.3) is 5.78 Å². The molecule has 4 aromatic rings. The van der Waals surface area contributed by atoms with Gasteiger partial charge in [-0.15, -0.1) is 0 Å². The first-order valence-electron chi connectivity index (χ1n) is 11.7. The van der Waals surface area contributed by atoms with Crippen molar-refractivity contribution in [2.75, 3.05) is 18.1 Å². The summed E-state index contributed by atoms with van der Waals surface area (Å²) in [5.41, 5.74) is 3.38. The van der Waals surface area contributed by atoms with Gasteiger partial charge >= 0.3 is 5.91 Å². The predicted octanol–water partition coefficient (Wildman–Crippen LogP) is 5.45. The van der Waals surface area contributed by atoms with Gasteiger partial charge in [-0.25, -0.2) is 9.37 Å². The molecule has 1 fully saturated rings. The lowest BCUT2D eigenvalue weighted by molar-refractivity contribution is -0.132. The molecule has 2 aliphatic heterocycles. The molecule has 0 aliphatic carbocycles. The lowest BCUT2D eigenvalue weighted by Gasteiger charge is -2.23. The fraction of sp³-hybridized carbons (Fsp3) is 0.179. The van der Waals surface area contributed by atoms with Crippen molar-refractivity contribution < 1.29 is 28.6 Å². The van der Waals surface area contributed by atoms with Crippen LogP contribution in [0.5, 0.6) is 11.5 Å². The number of ether oxygens (including phenoxy) is 2. The smallest absolute Gasteiger partial charge is 0.301 e. The van der Waals surface area contributed by atoms with Gasteiger partial charge in [0.05, 0.1) is 21.8 Å². The van der Waals surface area contributed by atoms with Crippen LogP contribution >= 0.6 is 11.3 Å². The zero-order chi connectivity index (χ0) is 25.8. The number of aliphatic hydroxyl groups is 1. The molecule has 1 aromatic heterocycles. The summed E-state index contributed by atoms with van der Waals surface area (Å²) < 4.78 is 25.9.